The van der Waals surface area contributed by atoms with Gasteiger partial charge < -0.3 is 15.6 Å². The Kier molecular flexibility index (Phi) is 3.52. The first kappa shape index (κ1) is 16.8. The SMILES string of the molecule is NN/C(Oc1ccc(S(F)(F)(F)(F)F)cc1)=C(\N)C(=O)O. The maximum absolute atomic E-state index is 12.5. The van der Waals surface area contributed by atoms with Gasteiger partial charge in [0, 0.05) is 0 Å². The Morgan fingerprint density at radius 2 is 1.62 bits per heavy atom. The van der Waals surface area contributed by atoms with Gasteiger partial charge >= 0.3 is 16.2 Å². The van der Waals surface area contributed by atoms with Gasteiger partial charge in [-0.1, -0.05) is 19.4 Å². The van der Waals surface area contributed by atoms with Gasteiger partial charge in [0.15, 0.2) is 5.70 Å². The second-order valence-corrected chi connectivity index (χ2v) is 6.14. The van der Waals surface area contributed by atoms with Crippen LogP contribution in [0.1, 0.15) is 0 Å². The molecule has 0 atom stereocenters. The van der Waals surface area contributed by atoms with Crippen molar-refractivity contribution in [1.29, 1.82) is 0 Å². The highest BCUT2D eigenvalue weighted by Crippen LogP contribution is 3.02. The summed E-state index contributed by atoms with van der Waals surface area (Å²) in [5.74, 6) is 2.28. The molecule has 0 spiro atoms. The number of rotatable bonds is 5. The maximum Gasteiger partial charge on any atom is 0.357 e. The van der Waals surface area contributed by atoms with E-state index in [0.717, 1.165) is 0 Å². The summed E-state index contributed by atoms with van der Waals surface area (Å²) in [7, 11) is -9.78. The minimum absolute atomic E-state index is 0.0992. The summed E-state index contributed by atoms with van der Waals surface area (Å²) in [5.41, 5.74) is 6.01. The van der Waals surface area contributed by atoms with Crippen molar-refractivity contribution in [3.8, 4) is 5.75 Å². The molecule has 21 heavy (non-hydrogen) atoms. The summed E-state index contributed by atoms with van der Waals surface area (Å²) in [5, 5.41) is 8.58. The number of nitrogens with one attached hydrogen (secondary N) is 1. The van der Waals surface area contributed by atoms with Crippen LogP contribution in [-0.4, -0.2) is 11.1 Å². The molecule has 0 saturated carbocycles. The van der Waals surface area contributed by atoms with Crippen LogP contribution in [0.25, 0.3) is 0 Å². The molecule has 1 rings (SSSR count). The zero-order valence-corrected chi connectivity index (χ0v) is 10.8. The summed E-state index contributed by atoms with van der Waals surface area (Å²) < 4.78 is 67.1. The first-order chi connectivity index (χ1) is 9.24. The van der Waals surface area contributed by atoms with Crippen LogP contribution in [0, 0.1) is 0 Å². The third-order valence-corrected chi connectivity index (χ3v) is 3.26. The van der Waals surface area contributed by atoms with E-state index in [1.54, 1.807) is 5.43 Å². The van der Waals surface area contributed by atoms with E-state index in [0.29, 0.717) is 12.1 Å². The molecule has 0 fully saturated rings. The highest BCUT2D eigenvalue weighted by Gasteiger charge is 2.65. The zero-order valence-electron chi connectivity index (χ0n) is 10.0. The number of hydrogen-bond donors (Lipinski definition) is 4. The van der Waals surface area contributed by atoms with Gasteiger partial charge in [-0.3, -0.25) is 5.43 Å². The zero-order chi connectivity index (χ0) is 16.5. The molecule has 0 unspecified atom stereocenters. The lowest BCUT2D eigenvalue weighted by Gasteiger charge is -2.40. The third kappa shape index (κ3) is 4.39. The van der Waals surface area contributed by atoms with Crippen LogP contribution < -0.4 is 21.7 Å². The lowest BCUT2D eigenvalue weighted by Crippen LogP contribution is -2.31. The van der Waals surface area contributed by atoms with Gasteiger partial charge in [-0.2, -0.15) is 0 Å². The number of carboxylic acid groups (broad SMARTS) is 1. The molecule has 0 amide bonds. The molecule has 0 radical (unpaired) electrons. The predicted molar refractivity (Wildman–Crippen MR) is 64.6 cm³/mol. The van der Waals surface area contributed by atoms with Crippen molar-refractivity contribution >= 4 is 16.2 Å². The van der Waals surface area contributed by atoms with Crippen molar-refractivity contribution in [1.82, 2.24) is 5.43 Å². The molecular weight excluding hydrogens is 325 g/mol. The van der Waals surface area contributed by atoms with Gasteiger partial charge in [0.25, 0.3) is 0 Å². The molecule has 0 aliphatic rings. The van der Waals surface area contributed by atoms with E-state index < -0.39 is 32.7 Å². The van der Waals surface area contributed by atoms with Gasteiger partial charge in [0.2, 0.25) is 5.88 Å². The summed E-state index contributed by atoms with van der Waals surface area (Å²) in [6, 6.07) is 1.34. The minimum Gasteiger partial charge on any atom is -0.476 e. The molecule has 0 aliphatic heterocycles. The van der Waals surface area contributed by atoms with E-state index in [9.17, 15) is 24.2 Å². The Hall–Kier alpha value is -2.21. The summed E-state index contributed by atoms with van der Waals surface area (Å²) in [6.07, 6.45) is 0. The van der Waals surface area contributed by atoms with E-state index in [1.165, 1.54) is 0 Å². The molecule has 120 valence electrons. The number of benzene rings is 1. The molecule has 1 aromatic carbocycles. The fourth-order valence-electron chi connectivity index (χ4n) is 1.14. The van der Waals surface area contributed by atoms with Crippen LogP contribution in [0.15, 0.2) is 40.7 Å². The highest BCUT2D eigenvalue weighted by molar-refractivity contribution is 8.45. The summed E-state index contributed by atoms with van der Waals surface area (Å²) >= 11 is 0. The Bertz CT molecular complexity index is 599. The van der Waals surface area contributed by atoms with Crippen molar-refractivity contribution in [3.05, 3.63) is 35.8 Å². The first-order valence-electron chi connectivity index (χ1n) is 4.96. The second-order valence-electron chi connectivity index (χ2n) is 3.73. The van der Waals surface area contributed by atoms with Crippen LogP contribution in [0.4, 0.5) is 19.4 Å². The van der Waals surface area contributed by atoms with Crippen molar-refractivity contribution in [3.63, 3.8) is 0 Å². The molecule has 0 aliphatic carbocycles. The third-order valence-electron chi connectivity index (χ3n) is 2.10. The molecule has 6 nitrogen and oxygen atoms in total. The number of carbonyl (C=O) groups is 1. The first-order valence-corrected chi connectivity index (χ1v) is 6.91. The summed E-state index contributed by atoms with van der Waals surface area (Å²) in [4.78, 5) is 8.45. The standard InChI is InChI=1S/C9H10F5N3O3S/c10-21(11,12,13,14)6-3-1-5(2-4-6)20-8(17-16)7(15)9(18)19/h1-4,17H,15-16H2,(H,18,19)/b8-7+. The Morgan fingerprint density at radius 1 is 1.14 bits per heavy atom. The summed E-state index contributed by atoms with van der Waals surface area (Å²) in [6.45, 7) is 0. The lowest BCUT2D eigenvalue weighted by molar-refractivity contribution is -0.132. The molecule has 0 heterocycles. The average Bonchev–Trinajstić information content (AvgIpc) is 2.32. The normalized spacial score (nSPS) is 16.3. The number of hydrazine groups is 1. The second kappa shape index (κ2) is 4.39. The van der Waals surface area contributed by atoms with Crippen molar-refractivity contribution in [2.45, 2.75) is 4.90 Å². The Balaban J connectivity index is 3.11. The molecule has 6 N–H and O–H groups in total. The van der Waals surface area contributed by atoms with E-state index in [4.69, 9.17) is 21.4 Å². The monoisotopic (exact) mass is 335 g/mol. The number of nitrogens with two attached hydrogens (primary N) is 2. The lowest BCUT2D eigenvalue weighted by atomic mass is 10.3. The van der Waals surface area contributed by atoms with Crippen LogP contribution in [0.3, 0.4) is 0 Å². The van der Waals surface area contributed by atoms with Gasteiger partial charge in [-0.25, -0.2) is 10.6 Å². The minimum atomic E-state index is -9.78. The van der Waals surface area contributed by atoms with Gasteiger partial charge in [0.05, 0.1) is 0 Å². The fourth-order valence-corrected chi connectivity index (χ4v) is 1.79. The Labute approximate surface area is 114 Å². The Morgan fingerprint density at radius 3 is 1.95 bits per heavy atom. The average molecular weight is 335 g/mol. The predicted octanol–water partition coefficient (Wildman–Crippen LogP) is 2.40. The number of hydrogen-bond acceptors (Lipinski definition) is 5. The largest absolute Gasteiger partial charge is 0.476 e. The van der Waals surface area contributed by atoms with Crippen molar-refractivity contribution in [2.24, 2.45) is 11.6 Å². The number of halogens is 5. The molecule has 12 heteroatoms. The number of carboxylic acids is 1. The van der Waals surface area contributed by atoms with E-state index in [-0.39, 0.29) is 17.9 Å². The van der Waals surface area contributed by atoms with Crippen LogP contribution >= 0.6 is 10.2 Å². The quantitative estimate of drug-likeness (QED) is 0.216. The van der Waals surface area contributed by atoms with Gasteiger partial charge in [0.1, 0.15) is 10.6 Å². The van der Waals surface area contributed by atoms with E-state index in [1.807, 2.05) is 0 Å². The highest BCUT2D eigenvalue weighted by atomic mass is 32.5. The van der Waals surface area contributed by atoms with E-state index in [2.05, 4.69) is 0 Å². The van der Waals surface area contributed by atoms with Crippen LogP contribution in [-0.2, 0) is 4.79 Å². The van der Waals surface area contributed by atoms with E-state index >= 15 is 0 Å². The topological polar surface area (TPSA) is 111 Å². The van der Waals surface area contributed by atoms with Crippen molar-refractivity contribution in [2.75, 3.05) is 0 Å². The van der Waals surface area contributed by atoms with Crippen LogP contribution in [0.2, 0.25) is 0 Å². The fraction of sp³-hybridized carbons (Fsp3) is 0. The molecular formula is C9H10F5N3O3S. The molecule has 1 aromatic rings. The molecule has 0 saturated heterocycles. The maximum atomic E-state index is 12.5. The number of aliphatic carboxylic acids is 1. The van der Waals surface area contributed by atoms with Crippen molar-refractivity contribution < 1.29 is 34.1 Å². The molecule has 0 bridgehead atoms. The van der Waals surface area contributed by atoms with Gasteiger partial charge in [-0.05, 0) is 24.3 Å². The smallest absolute Gasteiger partial charge is 0.357 e. The number of ether oxygens (including phenoxy) is 1. The van der Waals surface area contributed by atoms with Gasteiger partial charge in [-0.15, -0.1) is 0 Å². The molecule has 0 aromatic heterocycles. The van der Waals surface area contributed by atoms with Crippen LogP contribution in [0.5, 0.6) is 5.75 Å².